The summed E-state index contributed by atoms with van der Waals surface area (Å²) >= 11 is 0. The van der Waals surface area contributed by atoms with Crippen molar-refractivity contribution in [1.29, 1.82) is 0 Å². The van der Waals surface area contributed by atoms with E-state index >= 15 is 0 Å². The maximum Gasteiger partial charge on any atom is 0.225 e. The first kappa shape index (κ1) is 15.8. The minimum atomic E-state index is 0.0603. The third kappa shape index (κ3) is 3.14. The number of aromatic amines is 1. The normalized spacial score (nSPS) is 16.8. The van der Waals surface area contributed by atoms with Crippen LogP contribution in [0.4, 0.5) is 0 Å². The van der Waals surface area contributed by atoms with Gasteiger partial charge in [0, 0.05) is 38.2 Å². The quantitative estimate of drug-likeness (QED) is 0.769. The molecule has 25 heavy (non-hydrogen) atoms. The Morgan fingerprint density at radius 2 is 2.28 bits per heavy atom. The summed E-state index contributed by atoms with van der Waals surface area (Å²) < 4.78 is 1.91. The standard InChI is InChI=1S/C18H22N6O/c1-23(18(25)13-7-8-14-16(11-13)20-12-19-14)9-4-10-24-17-6-3-2-5-15(17)21-22-24/h2-3,5-6,12-13H,4,7-11H2,1H3,(H,19,20). The maximum absolute atomic E-state index is 12.7. The number of aromatic nitrogens is 5. The number of nitrogens with one attached hydrogen (secondary N) is 1. The number of hydrogen-bond acceptors (Lipinski definition) is 4. The lowest BCUT2D eigenvalue weighted by atomic mass is 9.89. The molecule has 1 aromatic carbocycles. The highest BCUT2D eigenvalue weighted by molar-refractivity contribution is 5.79. The largest absolute Gasteiger partial charge is 0.348 e. The Balaban J connectivity index is 1.31. The molecule has 1 aliphatic rings. The van der Waals surface area contributed by atoms with E-state index in [1.54, 1.807) is 6.33 Å². The number of para-hydroxylation sites is 1. The van der Waals surface area contributed by atoms with Crippen LogP contribution in [0.2, 0.25) is 0 Å². The second-order valence-electron chi connectivity index (χ2n) is 6.68. The molecule has 1 amide bonds. The molecule has 2 aromatic heterocycles. The molecule has 7 heteroatoms. The van der Waals surface area contributed by atoms with Crippen LogP contribution in [0.15, 0.2) is 30.6 Å². The molecule has 0 saturated heterocycles. The zero-order valence-corrected chi connectivity index (χ0v) is 14.4. The van der Waals surface area contributed by atoms with Crippen LogP contribution in [0, 0.1) is 5.92 Å². The molecule has 0 aliphatic heterocycles. The van der Waals surface area contributed by atoms with Gasteiger partial charge in [-0.1, -0.05) is 17.3 Å². The Labute approximate surface area is 146 Å². The van der Waals surface area contributed by atoms with Crippen LogP contribution in [0.1, 0.15) is 24.2 Å². The first-order valence-corrected chi connectivity index (χ1v) is 8.76. The lowest BCUT2D eigenvalue weighted by Gasteiger charge is -2.26. The fourth-order valence-electron chi connectivity index (χ4n) is 3.57. The molecular weight excluding hydrogens is 316 g/mol. The summed E-state index contributed by atoms with van der Waals surface area (Å²) in [5, 5.41) is 8.36. The Hall–Kier alpha value is -2.70. The van der Waals surface area contributed by atoms with Crippen molar-refractivity contribution in [3.05, 3.63) is 42.0 Å². The molecule has 3 aromatic rings. The number of carbonyl (C=O) groups excluding carboxylic acids is 1. The highest BCUT2D eigenvalue weighted by atomic mass is 16.2. The van der Waals surface area contributed by atoms with Crippen molar-refractivity contribution in [2.24, 2.45) is 5.92 Å². The van der Waals surface area contributed by atoms with E-state index in [0.29, 0.717) is 0 Å². The van der Waals surface area contributed by atoms with E-state index in [0.717, 1.165) is 61.2 Å². The number of benzene rings is 1. The third-order valence-electron chi connectivity index (χ3n) is 5.00. The molecule has 4 rings (SSSR count). The number of nitrogens with zero attached hydrogens (tertiary/aromatic N) is 5. The van der Waals surface area contributed by atoms with Gasteiger partial charge in [0.2, 0.25) is 5.91 Å². The predicted octanol–water partition coefficient (Wildman–Crippen LogP) is 1.81. The highest BCUT2D eigenvalue weighted by Gasteiger charge is 2.28. The topological polar surface area (TPSA) is 79.7 Å². The van der Waals surface area contributed by atoms with Crippen molar-refractivity contribution in [2.75, 3.05) is 13.6 Å². The molecule has 1 unspecified atom stereocenters. The summed E-state index contributed by atoms with van der Waals surface area (Å²) in [7, 11) is 1.89. The molecule has 0 radical (unpaired) electrons. The molecule has 0 saturated carbocycles. The Morgan fingerprint density at radius 1 is 1.40 bits per heavy atom. The molecule has 1 N–H and O–H groups in total. The molecule has 1 atom stereocenters. The molecule has 2 heterocycles. The minimum Gasteiger partial charge on any atom is -0.348 e. The van der Waals surface area contributed by atoms with E-state index in [1.807, 2.05) is 40.9 Å². The van der Waals surface area contributed by atoms with E-state index in [4.69, 9.17) is 0 Å². The summed E-state index contributed by atoms with van der Waals surface area (Å²) in [6.45, 7) is 1.48. The minimum absolute atomic E-state index is 0.0603. The average Bonchev–Trinajstić information content (AvgIpc) is 3.27. The summed E-state index contributed by atoms with van der Waals surface area (Å²) in [5.74, 6) is 0.286. The van der Waals surface area contributed by atoms with Crippen LogP contribution in [-0.4, -0.2) is 49.4 Å². The van der Waals surface area contributed by atoms with E-state index in [2.05, 4.69) is 20.3 Å². The SMILES string of the molecule is CN(CCCn1nnc2ccccc21)C(=O)C1CCc2nc[nH]c2C1. The van der Waals surface area contributed by atoms with Gasteiger partial charge in [-0.05, 0) is 31.4 Å². The smallest absolute Gasteiger partial charge is 0.225 e. The number of amides is 1. The second-order valence-corrected chi connectivity index (χ2v) is 6.68. The predicted molar refractivity (Wildman–Crippen MR) is 93.9 cm³/mol. The van der Waals surface area contributed by atoms with Crippen LogP contribution in [0.25, 0.3) is 11.0 Å². The molecule has 1 aliphatic carbocycles. The van der Waals surface area contributed by atoms with Gasteiger partial charge >= 0.3 is 0 Å². The molecular formula is C18H22N6O. The first-order chi connectivity index (χ1) is 12.2. The van der Waals surface area contributed by atoms with Crippen molar-refractivity contribution in [2.45, 2.75) is 32.2 Å². The summed E-state index contributed by atoms with van der Waals surface area (Å²) in [4.78, 5) is 22.0. The maximum atomic E-state index is 12.7. The van der Waals surface area contributed by atoms with Crippen LogP contribution in [-0.2, 0) is 24.2 Å². The van der Waals surface area contributed by atoms with Crippen molar-refractivity contribution in [3.63, 3.8) is 0 Å². The highest BCUT2D eigenvalue weighted by Crippen LogP contribution is 2.24. The third-order valence-corrected chi connectivity index (χ3v) is 5.00. The van der Waals surface area contributed by atoms with Gasteiger partial charge in [-0.3, -0.25) is 4.79 Å². The summed E-state index contributed by atoms with van der Waals surface area (Å²) in [6.07, 6.45) is 5.12. The van der Waals surface area contributed by atoms with Gasteiger partial charge < -0.3 is 9.88 Å². The van der Waals surface area contributed by atoms with Crippen LogP contribution >= 0.6 is 0 Å². The van der Waals surface area contributed by atoms with Gasteiger partial charge in [0.1, 0.15) is 5.52 Å². The number of H-pyrrole nitrogens is 1. The van der Waals surface area contributed by atoms with Crippen LogP contribution in [0.5, 0.6) is 0 Å². The molecule has 0 fully saturated rings. The monoisotopic (exact) mass is 338 g/mol. The van der Waals surface area contributed by atoms with Crippen molar-refractivity contribution >= 4 is 16.9 Å². The zero-order valence-electron chi connectivity index (χ0n) is 14.4. The van der Waals surface area contributed by atoms with Crippen molar-refractivity contribution < 1.29 is 4.79 Å². The number of fused-ring (bicyclic) bond motifs is 2. The van der Waals surface area contributed by atoms with E-state index < -0.39 is 0 Å². The van der Waals surface area contributed by atoms with Crippen LogP contribution in [0.3, 0.4) is 0 Å². The summed E-state index contributed by atoms with van der Waals surface area (Å²) in [5.41, 5.74) is 4.18. The van der Waals surface area contributed by atoms with Gasteiger partial charge in [0.15, 0.2) is 0 Å². The number of aryl methyl sites for hydroxylation is 2. The van der Waals surface area contributed by atoms with E-state index in [-0.39, 0.29) is 11.8 Å². The molecule has 7 nitrogen and oxygen atoms in total. The van der Waals surface area contributed by atoms with Gasteiger partial charge in [-0.15, -0.1) is 5.10 Å². The van der Waals surface area contributed by atoms with Gasteiger partial charge in [0.05, 0.1) is 17.5 Å². The molecule has 130 valence electrons. The number of carbonyl (C=O) groups is 1. The Kier molecular flexibility index (Phi) is 4.21. The van der Waals surface area contributed by atoms with Gasteiger partial charge in [-0.2, -0.15) is 0 Å². The fraction of sp³-hybridized carbons (Fsp3) is 0.444. The van der Waals surface area contributed by atoms with E-state index in [1.165, 1.54) is 0 Å². The Morgan fingerprint density at radius 3 is 3.20 bits per heavy atom. The number of rotatable bonds is 5. The lowest BCUT2D eigenvalue weighted by Crippen LogP contribution is -2.36. The zero-order chi connectivity index (χ0) is 17.2. The lowest BCUT2D eigenvalue weighted by molar-refractivity contribution is -0.134. The summed E-state index contributed by atoms with van der Waals surface area (Å²) in [6, 6.07) is 7.93. The van der Waals surface area contributed by atoms with Gasteiger partial charge in [0.25, 0.3) is 0 Å². The van der Waals surface area contributed by atoms with Crippen molar-refractivity contribution in [1.82, 2.24) is 29.9 Å². The fourth-order valence-corrected chi connectivity index (χ4v) is 3.57. The van der Waals surface area contributed by atoms with Crippen molar-refractivity contribution in [3.8, 4) is 0 Å². The van der Waals surface area contributed by atoms with Gasteiger partial charge in [-0.25, -0.2) is 9.67 Å². The molecule has 0 spiro atoms. The Bertz CT molecular complexity index is 882. The number of imidazole rings is 1. The molecule has 0 bridgehead atoms. The average molecular weight is 338 g/mol. The second kappa shape index (κ2) is 6.66. The van der Waals surface area contributed by atoms with E-state index in [9.17, 15) is 4.79 Å². The number of hydrogen-bond donors (Lipinski definition) is 1. The van der Waals surface area contributed by atoms with Crippen LogP contribution < -0.4 is 0 Å². The first-order valence-electron chi connectivity index (χ1n) is 8.76.